The summed E-state index contributed by atoms with van der Waals surface area (Å²) in [7, 11) is 0. The maximum Gasteiger partial charge on any atom is 0.258 e. The first-order valence-corrected chi connectivity index (χ1v) is 6.88. The highest BCUT2D eigenvalue weighted by Crippen LogP contribution is 2.23. The monoisotopic (exact) mass is 369 g/mol. The third kappa shape index (κ3) is 3.28. The normalized spacial score (nSPS) is 9.90. The molecule has 0 bridgehead atoms. The van der Waals surface area contributed by atoms with E-state index in [1.165, 1.54) is 18.3 Å². The summed E-state index contributed by atoms with van der Waals surface area (Å²) in [6, 6.07) is 8.12. The zero-order chi connectivity index (χ0) is 14.7. The van der Waals surface area contributed by atoms with Gasteiger partial charge in [0, 0.05) is 16.4 Å². The van der Waals surface area contributed by atoms with Gasteiger partial charge in [-0.05, 0) is 40.2 Å². The van der Waals surface area contributed by atoms with Crippen LogP contribution in [0.4, 0.5) is 5.69 Å². The number of rotatable bonds is 2. The van der Waals surface area contributed by atoms with Crippen LogP contribution in [0.25, 0.3) is 0 Å². The topological polar surface area (TPSA) is 65.8 Å². The van der Waals surface area contributed by atoms with Gasteiger partial charge >= 0.3 is 0 Å². The molecule has 0 aliphatic heterocycles. The minimum atomic E-state index is -0.412. The zero-order valence-corrected chi connectivity index (χ0v) is 12.9. The number of hydrogen-bond donors (Lipinski definition) is 1. The van der Waals surface area contributed by atoms with Crippen molar-refractivity contribution in [2.75, 3.05) is 5.32 Å². The molecule has 20 heavy (non-hydrogen) atoms. The summed E-state index contributed by atoms with van der Waals surface area (Å²) in [6.45, 7) is 0. The summed E-state index contributed by atoms with van der Waals surface area (Å²) in [5.41, 5.74) is 1.04. The van der Waals surface area contributed by atoms with Gasteiger partial charge in [-0.1, -0.05) is 23.2 Å². The second kappa shape index (κ2) is 6.23. The number of aromatic nitrogens is 1. The fraction of sp³-hybridized carbons (Fsp3) is 0. The predicted molar refractivity (Wildman–Crippen MR) is 81.1 cm³/mol. The Bertz CT molecular complexity index is 728. The number of nitriles is 1. The van der Waals surface area contributed by atoms with Crippen LogP contribution in [-0.2, 0) is 0 Å². The Hall–Kier alpha value is -1.61. The van der Waals surface area contributed by atoms with Crippen molar-refractivity contribution in [1.29, 1.82) is 5.26 Å². The van der Waals surface area contributed by atoms with Gasteiger partial charge < -0.3 is 5.32 Å². The number of nitrogens with one attached hydrogen (secondary N) is 1. The first kappa shape index (κ1) is 14.8. The second-order valence-corrected chi connectivity index (χ2v) is 5.43. The summed E-state index contributed by atoms with van der Waals surface area (Å²) in [6.07, 6.45) is 1.50. The SMILES string of the molecule is N#Cc1ccc(NC(=O)c2cc(Br)cnc2Cl)cc1Cl. The summed E-state index contributed by atoms with van der Waals surface area (Å²) in [5.74, 6) is -0.412. The molecule has 0 saturated heterocycles. The van der Waals surface area contributed by atoms with Crippen molar-refractivity contribution in [3.63, 3.8) is 0 Å². The Labute approximate surface area is 133 Å². The third-order valence-corrected chi connectivity index (χ3v) is 3.45. The fourth-order valence-electron chi connectivity index (χ4n) is 1.46. The van der Waals surface area contributed by atoms with Gasteiger partial charge in [0.15, 0.2) is 0 Å². The van der Waals surface area contributed by atoms with E-state index in [1.807, 2.05) is 6.07 Å². The number of carbonyl (C=O) groups excluding carboxylic acids is 1. The number of carbonyl (C=O) groups is 1. The van der Waals surface area contributed by atoms with E-state index in [0.717, 1.165) is 0 Å². The number of anilines is 1. The maximum absolute atomic E-state index is 12.1. The van der Waals surface area contributed by atoms with E-state index in [4.69, 9.17) is 28.5 Å². The smallest absolute Gasteiger partial charge is 0.258 e. The Kier molecular flexibility index (Phi) is 4.61. The molecule has 0 saturated carbocycles. The molecule has 2 aromatic rings. The molecule has 0 unspecified atom stereocenters. The van der Waals surface area contributed by atoms with Crippen molar-refractivity contribution in [2.45, 2.75) is 0 Å². The van der Waals surface area contributed by atoms with Crippen LogP contribution in [0.2, 0.25) is 10.2 Å². The van der Waals surface area contributed by atoms with E-state index in [2.05, 4.69) is 26.2 Å². The second-order valence-electron chi connectivity index (χ2n) is 3.75. The van der Waals surface area contributed by atoms with Gasteiger partial charge in [-0.3, -0.25) is 4.79 Å². The van der Waals surface area contributed by atoms with E-state index in [-0.39, 0.29) is 15.7 Å². The van der Waals surface area contributed by atoms with Gasteiger partial charge in [0.25, 0.3) is 5.91 Å². The van der Waals surface area contributed by atoms with E-state index < -0.39 is 5.91 Å². The van der Waals surface area contributed by atoms with Gasteiger partial charge in [-0.15, -0.1) is 0 Å². The number of hydrogen-bond acceptors (Lipinski definition) is 3. The number of benzene rings is 1. The Morgan fingerprint density at radius 1 is 1.35 bits per heavy atom. The lowest BCUT2D eigenvalue weighted by Gasteiger charge is -2.07. The lowest BCUT2D eigenvalue weighted by Crippen LogP contribution is -2.13. The third-order valence-electron chi connectivity index (χ3n) is 2.40. The van der Waals surface area contributed by atoms with Gasteiger partial charge in [0.1, 0.15) is 11.2 Å². The number of amides is 1. The van der Waals surface area contributed by atoms with Crippen molar-refractivity contribution in [3.8, 4) is 6.07 Å². The van der Waals surface area contributed by atoms with Gasteiger partial charge in [-0.2, -0.15) is 5.26 Å². The highest BCUT2D eigenvalue weighted by Gasteiger charge is 2.13. The van der Waals surface area contributed by atoms with Crippen LogP contribution in [0.5, 0.6) is 0 Å². The minimum Gasteiger partial charge on any atom is -0.322 e. The van der Waals surface area contributed by atoms with Gasteiger partial charge in [0.2, 0.25) is 0 Å². The lowest BCUT2D eigenvalue weighted by atomic mass is 10.2. The van der Waals surface area contributed by atoms with Crippen LogP contribution in [0.3, 0.4) is 0 Å². The molecule has 1 heterocycles. The molecular weight excluding hydrogens is 365 g/mol. The fourth-order valence-corrected chi connectivity index (χ4v) is 2.21. The van der Waals surface area contributed by atoms with Crippen LogP contribution in [-0.4, -0.2) is 10.9 Å². The average Bonchev–Trinajstić information content (AvgIpc) is 2.41. The molecule has 0 aliphatic carbocycles. The summed E-state index contributed by atoms with van der Waals surface area (Å²) in [5, 5.41) is 11.8. The van der Waals surface area contributed by atoms with Crippen LogP contribution in [0.1, 0.15) is 15.9 Å². The van der Waals surface area contributed by atoms with Crippen LogP contribution in [0, 0.1) is 11.3 Å². The molecule has 1 N–H and O–H groups in total. The molecular formula is C13H6BrCl2N3O. The molecule has 0 radical (unpaired) electrons. The van der Waals surface area contributed by atoms with Crippen LogP contribution in [0.15, 0.2) is 34.9 Å². The number of nitrogens with zero attached hydrogens (tertiary/aromatic N) is 2. The van der Waals surface area contributed by atoms with E-state index in [0.29, 0.717) is 15.7 Å². The van der Waals surface area contributed by atoms with Crippen molar-refractivity contribution in [3.05, 3.63) is 56.2 Å². The summed E-state index contributed by atoms with van der Waals surface area (Å²) in [4.78, 5) is 16.0. The first-order valence-electron chi connectivity index (χ1n) is 5.33. The lowest BCUT2D eigenvalue weighted by molar-refractivity contribution is 0.102. The minimum absolute atomic E-state index is 0.102. The van der Waals surface area contributed by atoms with Gasteiger partial charge in [-0.25, -0.2) is 4.98 Å². The van der Waals surface area contributed by atoms with Gasteiger partial charge in [0.05, 0.1) is 16.1 Å². The molecule has 4 nitrogen and oxygen atoms in total. The van der Waals surface area contributed by atoms with Crippen molar-refractivity contribution in [1.82, 2.24) is 4.98 Å². The number of halogens is 3. The molecule has 100 valence electrons. The average molecular weight is 371 g/mol. The Morgan fingerprint density at radius 3 is 2.75 bits per heavy atom. The Morgan fingerprint density at radius 2 is 2.10 bits per heavy atom. The molecule has 7 heteroatoms. The Balaban J connectivity index is 2.26. The standard InChI is InChI=1S/C13H6BrCl2N3O/c14-8-3-10(12(16)18-6-8)13(20)19-9-2-1-7(5-17)11(15)4-9/h1-4,6H,(H,19,20). The van der Waals surface area contributed by atoms with Crippen LogP contribution < -0.4 is 5.32 Å². The van der Waals surface area contributed by atoms with E-state index in [1.54, 1.807) is 12.1 Å². The highest BCUT2D eigenvalue weighted by atomic mass is 79.9. The van der Waals surface area contributed by atoms with Crippen molar-refractivity contribution >= 4 is 50.7 Å². The maximum atomic E-state index is 12.1. The van der Waals surface area contributed by atoms with E-state index in [9.17, 15) is 4.79 Å². The first-order chi connectivity index (χ1) is 9.51. The molecule has 1 aromatic carbocycles. The molecule has 0 spiro atoms. The summed E-state index contributed by atoms with van der Waals surface area (Å²) >= 11 is 15.0. The molecule has 0 atom stereocenters. The highest BCUT2D eigenvalue weighted by molar-refractivity contribution is 9.10. The summed E-state index contributed by atoms with van der Waals surface area (Å²) < 4.78 is 0.643. The van der Waals surface area contributed by atoms with Crippen LogP contribution >= 0.6 is 39.1 Å². The quantitative estimate of drug-likeness (QED) is 0.802. The largest absolute Gasteiger partial charge is 0.322 e. The molecule has 0 fully saturated rings. The van der Waals surface area contributed by atoms with Crippen molar-refractivity contribution < 1.29 is 4.79 Å². The van der Waals surface area contributed by atoms with Crippen molar-refractivity contribution in [2.24, 2.45) is 0 Å². The molecule has 1 amide bonds. The number of pyridine rings is 1. The molecule has 0 aliphatic rings. The molecule has 1 aromatic heterocycles. The zero-order valence-electron chi connectivity index (χ0n) is 9.82. The molecule has 2 rings (SSSR count). The predicted octanol–water partition coefficient (Wildman–Crippen LogP) is 4.27. The van der Waals surface area contributed by atoms with E-state index >= 15 is 0 Å².